The van der Waals surface area contributed by atoms with Crippen LogP contribution in [0.3, 0.4) is 0 Å². The summed E-state index contributed by atoms with van der Waals surface area (Å²) in [5, 5.41) is 4.13. The Bertz CT molecular complexity index is 1980. The Hall–Kier alpha value is -5.06. The number of rotatable bonds is 13. The van der Waals surface area contributed by atoms with Crippen molar-refractivity contribution in [1.29, 1.82) is 0 Å². The molecule has 55 heavy (non-hydrogen) atoms. The fourth-order valence-electron chi connectivity index (χ4n) is 7.32. The van der Waals surface area contributed by atoms with Crippen LogP contribution in [-0.2, 0) is 31.2 Å². The van der Waals surface area contributed by atoms with Crippen molar-refractivity contribution in [1.82, 2.24) is 19.7 Å². The van der Waals surface area contributed by atoms with Gasteiger partial charge in [-0.3, -0.25) is 4.90 Å². The minimum Gasteiger partial charge on any atom is -0.488 e. The van der Waals surface area contributed by atoms with E-state index < -0.39 is 35.5 Å². The van der Waals surface area contributed by atoms with E-state index >= 15 is 0 Å². The van der Waals surface area contributed by atoms with E-state index in [9.17, 15) is 18.4 Å². The topological polar surface area (TPSA) is 115 Å². The van der Waals surface area contributed by atoms with Gasteiger partial charge < -0.3 is 33.6 Å². The van der Waals surface area contributed by atoms with Crippen molar-refractivity contribution in [3.63, 3.8) is 0 Å². The lowest BCUT2D eigenvalue weighted by molar-refractivity contribution is -0.137. The number of piperazine rings is 1. The molecular formula is C39H42BrF2N7O6. The minimum absolute atomic E-state index is 0.0158. The molecule has 3 aromatic carbocycles. The van der Waals surface area contributed by atoms with Gasteiger partial charge in [-0.25, -0.2) is 28.0 Å². The second-order valence-corrected chi connectivity index (χ2v) is 14.3. The molecule has 0 N–H and O–H groups in total. The summed E-state index contributed by atoms with van der Waals surface area (Å²) in [6, 6.07) is 18.3. The number of amides is 2. The summed E-state index contributed by atoms with van der Waals surface area (Å²) >= 11 is 3.11. The number of hydrogen-bond donors (Lipinski definition) is 0. The molecule has 3 aliphatic rings. The molecule has 0 saturated carbocycles. The predicted octanol–water partition coefficient (Wildman–Crippen LogP) is 5.70. The molecule has 290 valence electrons. The number of ether oxygens (including phenoxy) is 4. The number of urea groups is 1. The predicted molar refractivity (Wildman–Crippen MR) is 204 cm³/mol. The van der Waals surface area contributed by atoms with Crippen LogP contribution in [0.1, 0.15) is 19.4 Å². The van der Waals surface area contributed by atoms with Crippen LogP contribution in [0.4, 0.5) is 30.6 Å². The fourth-order valence-corrected chi connectivity index (χ4v) is 7.53. The first kappa shape index (κ1) is 38.2. The lowest BCUT2D eigenvalue weighted by Crippen LogP contribution is -2.46. The molecule has 13 nitrogen and oxygen atoms in total. The largest absolute Gasteiger partial charge is 0.488 e. The number of alkyl halides is 1. The molecule has 1 aromatic heterocycles. The van der Waals surface area contributed by atoms with Gasteiger partial charge in [0, 0.05) is 60.9 Å². The monoisotopic (exact) mass is 821 g/mol. The maximum atomic E-state index is 14.9. The van der Waals surface area contributed by atoms with Gasteiger partial charge in [-0.2, -0.15) is 5.10 Å². The number of anilines is 3. The summed E-state index contributed by atoms with van der Waals surface area (Å²) in [4.78, 5) is 37.8. The highest BCUT2D eigenvalue weighted by molar-refractivity contribution is 9.09. The third-order valence-electron chi connectivity index (χ3n) is 10.1. The first-order valence-corrected chi connectivity index (χ1v) is 19.1. The molecule has 3 aliphatic heterocycles. The first-order chi connectivity index (χ1) is 26.5. The zero-order chi connectivity index (χ0) is 38.7. The summed E-state index contributed by atoms with van der Waals surface area (Å²) in [6.45, 7) is 11.5. The highest BCUT2D eigenvalue weighted by Gasteiger charge is 2.46. The quantitative estimate of drug-likeness (QED) is 0.0946. The van der Waals surface area contributed by atoms with Crippen LogP contribution in [0.2, 0.25) is 0 Å². The molecule has 2 amide bonds. The average molecular weight is 823 g/mol. The van der Waals surface area contributed by atoms with E-state index in [1.54, 1.807) is 9.80 Å². The molecule has 7 rings (SSSR count). The third-order valence-corrected chi connectivity index (χ3v) is 10.3. The average Bonchev–Trinajstić information content (AvgIpc) is 3.94. The molecule has 4 aromatic rings. The summed E-state index contributed by atoms with van der Waals surface area (Å²) in [6.07, 6.45) is 2.07. The van der Waals surface area contributed by atoms with Crippen molar-refractivity contribution < 1.29 is 37.3 Å². The standard InChI is InChI=1S/C39H42BrF2N7O6/c1-26(2)49-35(27(3)37(50)54-23-40)19-48(38(49)51)31-7-5-29(6-8-31)45-14-16-46(17-15-45)30-9-11-32(12-10-30)52-20-36-53-22-39(55-36,21-47-25-43-24-44-47)33-13-4-28(41)18-34(33)42/h4-13,18,24-26,35-36H,3,14-17,19-23H2,1-2H3/t35?,36-,39+/m0/s1. The van der Waals surface area contributed by atoms with Crippen LogP contribution in [0, 0.1) is 11.6 Å². The fraction of sp³-hybridized carbons (Fsp3) is 0.385. The van der Waals surface area contributed by atoms with Gasteiger partial charge in [-0.05, 0) is 84.4 Å². The molecule has 3 atom stereocenters. The minimum atomic E-state index is -1.25. The van der Waals surface area contributed by atoms with E-state index in [1.807, 2.05) is 62.4 Å². The lowest BCUT2D eigenvalue weighted by atomic mass is 9.94. The van der Waals surface area contributed by atoms with Crippen molar-refractivity contribution in [2.45, 2.75) is 44.4 Å². The molecule has 3 fully saturated rings. The summed E-state index contributed by atoms with van der Waals surface area (Å²) < 4.78 is 53.4. The Balaban J connectivity index is 0.915. The van der Waals surface area contributed by atoms with Crippen LogP contribution < -0.4 is 19.4 Å². The SMILES string of the molecule is C=C(C(=O)OCBr)C1CN(c2ccc(N3CCN(c4ccc(OC[C@H]5OC[C@](Cn6cncn6)(c6ccc(F)cc6F)O5)cc4)CC3)cc2)C(=O)N1C(C)C. The third kappa shape index (κ3) is 8.16. The Kier molecular flexibility index (Phi) is 11.4. The number of carbonyl (C=O) groups excluding carboxylic acids is 2. The Morgan fingerprint density at radius 1 is 1.00 bits per heavy atom. The zero-order valence-electron chi connectivity index (χ0n) is 30.5. The first-order valence-electron chi connectivity index (χ1n) is 18.0. The molecule has 3 saturated heterocycles. The van der Waals surface area contributed by atoms with E-state index in [0.717, 1.165) is 49.3 Å². The van der Waals surface area contributed by atoms with Gasteiger partial charge in [0.15, 0.2) is 6.29 Å². The van der Waals surface area contributed by atoms with Crippen LogP contribution in [0.15, 0.2) is 91.5 Å². The molecular weight excluding hydrogens is 780 g/mol. The second-order valence-electron chi connectivity index (χ2n) is 13.8. The molecule has 1 unspecified atom stereocenters. The van der Waals surface area contributed by atoms with Gasteiger partial charge in [-0.15, -0.1) is 0 Å². The van der Waals surface area contributed by atoms with Gasteiger partial charge in [-0.1, -0.05) is 12.6 Å². The maximum absolute atomic E-state index is 14.9. The van der Waals surface area contributed by atoms with Crippen molar-refractivity contribution in [2.75, 3.05) is 66.2 Å². The smallest absolute Gasteiger partial charge is 0.336 e. The van der Waals surface area contributed by atoms with Crippen LogP contribution >= 0.6 is 15.9 Å². The molecule has 0 radical (unpaired) electrons. The van der Waals surface area contributed by atoms with Crippen molar-refractivity contribution in [2.24, 2.45) is 0 Å². The molecule has 0 spiro atoms. The van der Waals surface area contributed by atoms with Crippen LogP contribution in [-0.4, -0.2) is 101 Å². The molecule has 0 aliphatic carbocycles. The summed E-state index contributed by atoms with van der Waals surface area (Å²) in [5.41, 5.74) is 2.10. The second kappa shape index (κ2) is 16.4. The van der Waals surface area contributed by atoms with E-state index in [4.69, 9.17) is 18.9 Å². The highest BCUT2D eigenvalue weighted by atomic mass is 79.9. The van der Waals surface area contributed by atoms with Crippen LogP contribution in [0.25, 0.3) is 0 Å². The van der Waals surface area contributed by atoms with E-state index in [-0.39, 0.29) is 48.5 Å². The van der Waals surface area contributed by atoms with Gasteiger partial charge in [0.2, 0.25) is 0 Å². The number of benzene rings is 3. The number of esters is 1. The molecule has 0 bridgehead atoms. The van der Waals surface area contributed by atoms with Crippen molar-refractivity contribution in [3.05, 3.63) is 109 Å². The van der Waals surface area contributed by atoms with E-state index in [1.165, 1.54) is 29.5 Å². The Morgan fingerprint density at radius 3 is 2.25 bits per heavy atom. The summed E-state index contributed by atoms with van der Waals surface area (Å²) in [7, 11) is 0. The lowest BCUT2D eigenvalue weighted by Gasteiger charge is -2.37. The number of hydrogen-bond acceptors (Lipinski definition) is 10. The summed E-state index contributed by atoms with van der Waals surface area (Å²) in [5.74, 6) is -1.32. The molecule has 4 heterocycles. The normalized spacial score (nSPS) is 21.5. The van der Waals surface area contributed by atoms with Crippen molar-refractivity contribution in [3.8, 4) is 5.75 Å². The van der Waals surface area contributed by atoms with Gasteiger partial charge in [0.05, 0.1) is 31.3 Å². The highest BCUT2D eigenvalue weighted by Crippen LogP contribution is 2.38. The van der Waals surface area contributed by atoms with Gasteiger partial charge in [0.25, 0.3) is 0 Å². The number of carbonyl (C=O) groups is 2. The zero-order valence-corrected chi connectivity index (χ0v) is 32.1. The number of halogens is 3. The maximum Gasteiger partial charge on any atom is 0.336 e. The Labute approximate surface area is 326 Å². The number of aromatic nitrogens is 3. The number of nitrogens with zero attached hydrogens (tertiary/aromatic N) is 7. The van der Waals surface area contributed by atoms with E-state index in [0.29, 0.717) is 12.3 Å². The van der Waals surface area contributed by atoms with Gasteiger partial charge in [0.1, 0.15) is 47.8 Å². The molecule has 16 heteroatoms. The van der Waals surface area contributed by atoms with Gasteiger partial charge >= 0.3 is 12.0 Å². The Morgan fingerprint density at radius 2 is 1.65 bits per heavy atom. The van der Waals surface area contributed by atoms with Crippen molar-refractivity contribution >= 4 is 45.0 Å². The van der Waals surface area contributed by atoms with Crippen LogP contribution in [0.5, 0.6) is 5.75 Å². The van der Waals surface area contributed by atoms with E-state index in [2.05, 4.69) is 42.4 Å².